The first-order valence-electron chi connectivity index (χ1n) is 8.74. The zero-order valence-electron chi connectivity index (χ0n) is 15.3. The molecule has 0 atom stereocenters. The molecular formula is C18H21F2N5O3. The molecule has 0 saturated carbocycles. The lowest BCUT2D eigenvalue weighted by molar-refractivity contribution is -0.383. The van der Waals surface area contributed by atoms with E-state index in [4.69, 9.17) is 16.2 Å². The molecule has 4 N–H and O–H groups in total. The quantitative estimate of drug-likeness (QED) is 0.592. The van der Waals surface area contributed by atoms with Gasteiger partial charge >= 0.3 is 5.69 Å². The number of methoxy groups -OCH3 is 1. The number of likely N-dealkylation sites (tertiary alicyclic amines) is 1. The Hall–Kier alpha value is -3.01. The van der Waals surface area contributed by atoms with Crippen LogP contribution in [0.15, 0.2) is 18.3 Å². The first kappa shape index (κ1) is 19.7. The summed E-state index contributed by atoms with van der Waals surface area (Å²) in [7, 11) is 1.22. The first-order valence-corrected chi connectivity index (χ1v) is 8.74. The highest BCUT2D eigenvalue weighted by Gasteiger charge is 2.28. The Kier molecular flexibility index (Phi) is 5.59. The lowest BCUT2D eigenvalue weighted by Crippen LogP contribution is -2.32. The summed E-state index contributed by atoms with van der Waals surface area (Å²) in [5.74, 6) is -2.06. The van der Waals surface area contributed by atoms with E-state index in [9.17, 15) is 18.9 Å². The van der Waals surface area contributed by atoms with E-state index in [1.165, 1.54) is 25.4 Å². The second-order valence-corrected chi connectivity index (χ2v) is 6.76. The first-order chi connectivity index (χ1) is 13.3. The SMILES string of the molecule is COc1c(F)cc(CN2CCC(c3cnc(N)c([N+](=O)[O-])c3N)CC2)cc1F. The van der Waals surface area contributed by atoms with Crippen molar-refractivity contribution >= 4 is 17.2 Å². The van der Waals surface area contributed by atoms with Crippen molar-refractivity contribution in [1.82, 2.24) is 9.88 Å². The molecule has 0 spiro atoms. The number of benzene rings is 1. The number of anilines is 2. The smallest absolute Gasteiger partial charge is 0.334 e. The van der Waals surface area contributed by atoms with Crippen molar-refractivity contribution in [3.63, 3.8) is 0 Å². The number of nitrogen functional groups attached to an aromatic ring is 2. The minimum atomic E-state index is -0.736. The van der Waals surface area contributed by atoms with Crippen LogP contribution in [0.1, 0.15) is 29.9 Å². The number of piperidine rings is 1. The average molecular weight is 393 g/mol. The van der Waals surface area contributed by atoms with Crippen LogP contribution in [0, 0.1) is 21.7 Å². The molecule has 28 heavy (non-hydrogen) atoms. The zero-order valence-corrected chi connectivity index (χ0v) is 15.3. The second kappa shape index (κ2) is 7.93. The van der Waals surface area contributed by atoms with E-state index >= 15 is 0 Å². The molecule has 1 fully saturated rings. The third-order valence-electron chi connectivity index (χ3n) is 5.03. The van der Waals surface area contributed by atoms with Gasteiger partial charge in [0, 0.05) is 18.3 Å². The lowest BCUT2D eigenvalue weighted by atomic mass is 9.89. The Morgan fingerprint density at radius 1 is 1.29 bits per heavy atom. The molecule has 1 saturated heterocycles. The number of aromatic nitrogens is 1. The summed E-state index contributed by atoms with van der Waals surface area (Å²) in [6.07, 6.45) is 2.87. The number of rotatable bonds is 5. The number of halogens is 2. The molecule has 0 radical (unpaired) electrons. The van der Waals surface area contributed by atoms with Crippen LogP contribution in [-0.2, 0) is 6.54 Å². The summed E-state index contributed by atoms with van der Waals surface area (Å²) < 4.78 is 32.4. The van der Waals surface area contributed by atoms with Crippen LogP contribution in [0.3, 0.4) is 0 Å². The van der Waals surface area contributed by atoms with E-state index in [1.54, 1.807) is 0 Å². The van der Waals surface area contributed by atoms with Crippen LogP contribution in [0.25, 0.3) is 0 Å². The molecular weight excluding hydrogens is 372 g/mol. The van der Waals surface area contributed by atoms with E-state index in [-0.39, 0.29) is 23.1 Å². The Labute approximate surface area is 160 Å². The van der Waals surface area contributed by atoms with Gasteiger partial charge in [0.15, 0.2) is 17.4 Å². The summed E-state index contributed by atoms with van der Waals surface area (Å²) >= 11 is 0. The molecule has 0 bridgehead atoms. The van der Waals surface area contributed by atoms with Crippen LogP contribution < -0.4 is 16.2 Å². The molecule has 8 nitrogen and oxygen atoms in total. The Bertz CT molecular complexity index is 878. The van der Waals surface area contributed by atoms with Gasteiger partial charge in [-0.25, -0.2) is 13.8 Å². The summed E-state index contributed by atoms with van der Waals surface area (Å²) in [4.78, 5) is 16.5. The van der Waals surface area contributed by atoms with E-state index in [0.29, 0.717) is 43.6 Å². The van der Waals surface area contributed by atoms with Crippen molar-refractivity contribution in [1.29, 1.82) is 0 Å². The van der Waals surface area contributed by atoms with Crippen molar-refractivity contribution in [3.05, 3.63) is 51.2 Å². The van der Waals surface area contributed by atoms with Gasteiger partial charge < -0.3 is 16.2 Å². The van der Waals surface area contributed by atoms with Gasteiger partial charge in [-0.3, -0.25) is 15.0 Å². The Morgan fingerprint density at radius 3 is 2.43 bits per heavy atom. The van der Waals surface area contributed by atoms with Gasteiger partial charge in [-0.05, 0) is 49.5 Å². The van der Waals surface area contributed by atoms with Crippen LogP contribution in [-0.4, -0.2) is 35.0 Å². The van der Waals surface area contributed by atoms with Gasteiger partial charge in [0.05, 0.1) is 12.0 Å². The van der Waals surface area contributed by atoms with Crippen molar-refractivity contribution in [2.75, 3.05) is 31.7 Å². The number of nitrogens with zero attached hydrogens (tertiary/aromatic N) is 3. The van der Waals surface area contributed by atoms with Crippen LogP contribution in [0.2, 0.25) is 0 Å². The molecule has 10 heteroatoms. The van der Waals surface area contributed by atoms with Crippen LogP contribution in [0.4, 0.5) is 26.0 Å². The Morgan fingerprint density at radius 2 is 1.89 bits per heavy atom. The molecule has 0 aliphatic carbocycles. The molecule has 1 aromatic carbocycles. The van der Waals surface area contributed by atoms with Crippen molar-refractivity contribution in [2.24, 2.45) is 0 Å². The molecule has 2 heterocycles. The maximum atomic E-state index is 13.9. The molecule has 150 valence electrons. The highest BCUT2D eigenvalue weighted by Crippen LogP contribution is 2.38. The molecule has 0 unspecified atom stereocenters. The van der Waals surface area contributed by atoms with Gasteiger partial charge in [0.2, 0.25) is 5.82 Å². The van der Waals surface area contributed by atoms with Gasteiger partial charge in [-0.2, -0.15) is 0 Å². The number of ether oxygens (including phenoxy) is 1. The predicted octanol–water partition coefficient (Wildman–Crippen LogP) is 2.82. The number of nitrogens with two attached hydrogens (primary N) is 2. The van der Waals surface area contributed by atoms with E-state index in [0.717, 1.165) is 0 Å². The van der Waals surface area contributed by atoms with Crippen LogP contribution >= 0.6 is 0 Å². The summed E-state index contributed by atoms with van der Waals surface area (Å²) in [6, 6.07) is 2.53. The lowest BCUT2D eigenvalue weighted by Gasteiger charge is -2.32. The molecule has 3 rings (SSSR count). The number of hydrogen-bond acceptors (Lipinski definition) is 7. The highest BCUT2D eigenvalue weighted by molar-refractivity contribution is 5.72. The minimum absolute atomic E-state index is 0.00684. The van der Waals surface area contributed by atoms with E-state index in [1.807, 2.05) is 0 Å². The molecule has 1 aliphatic heterocycles. The van der Waals surface area contributed by atoms with Crippen molar-refractivity contribution < 1.29 is 18.4 Å². The highest BCUT2D eigenvalue weighted by atomic mass is 19.1. The maximum absolute atomic E-state index is 13.9. The minimum Gasteiger partial charge on any atom is -0.491 e. The monoisotopic (exact) mass is 393 g/mol. The van der Waals surface area contributed by atoms with Crippen LogP contribution in [0.5, 0.6) is 5.75 Å². The number of hydrogen-bond donors (Lipinski definition) is 2. The maximum Gasteiger partial charge on any atom is 0.334 e. The third kappa shape index (κ3) is 3.81. The van der Waals surface area contributed by atoms with E-state index < -0.39 is 22.3 Å². The third-order valence-corrected chi connectivity index (χ3v) is 5.03. The standard InChI is InChI=1S/C18H21F2N5O3/c1-28-17-13(19)6-10(7-14(17)20)9-24-4-2-11(3-5-24)12-8-23-18(22)16(15(12)21)25(26)27/h6-8,11H,2-5,9H2,1H3,(H4,21,22,23). The average Bonchev–Trinajstić information content (AvgIpc) is 2.62. The summed E-state index contributed by atoms with van der Waals surface area (Å²) in [5, 5.41) is 11.2. The molecule has 1 aromatic heterocycles. The summed E-state index contributed by atoms with van der Waals surface area (Å²) in [6.45, 7) is 1.69. The van der Waals surface area contributed by atoms with Gasteiger partial charge in [-0.1, -0.05) is 0 Å². The zero-order chi connectivity index (χ0) is 20.4. The van der Waals surface area contributed by atoms with Gasteiger partial charge in [0.1, 0.15) is 5.69 Å². The topological polar surface area (TPSA) is 121 Å². The fourth-order valence-corrected chi connectivity index (χ4v) is 3.62. The fraction of sp³-hybridized carbons (Fsp3) is 0.389. The molecule has 1 aliphatic rings. The van der Waals surface area contributed by atoms with E-state index in [2.05, 4.69) is 9.88 Å². The summed E-state index contributed by atoms with van der Waals surface area (Å²) in [5.41, 5.74) is 12.3. The second-order valence-electron chi connectivity index (χ2n) is 6.76. The molecule has 0 amide bonds. The Balaban J connectivity index is 1.69. The molecule has 2 aromatic rings. The van der Waals surface area contributed by atoms with Crippen molar-refractivity contribution in [2.45, 2.75) is 25.3 Å². The largest absolute Gasteiger partial charge is 0.491 e. The number of pyridine rings is 1. The van der Waals surface area contributed by atoms with Crippen molar-refractivity contribution in [3.8, 4) is 5.75 Å². The predicted molar refractivity (Wildman–Crippen MR) is 99.9 cm³/mol. The fourth-order valence-electron chi connectivity index (χ4n) is 3.62. The van der Waals surface area contributed by atoms with Gasteiger partial charge in [-0.15, -0.1) is 0 Å². The normalized spacial score (nSPS) is 15.5. The number of nitro groups is 1. The van der Waals surface area contributed by atoms with Gasteiger partial charge in [0.25, 0.3) is 0 Å².